The molecule has 80 valence electrons. The van der Waals surface area contributed by atoms with E-state index in [4.69, 9.17) is 4.74 Å². The Kier molecular flexibility index (Phi) is 9.28. The Hall–Kier alpha value is -1.05. The molecule has 0 aromatic carbocycles. The fraction of sp³-hybridized carbons (Fsp3) is 0.583. The lowest BCUT2D eigenvalue weighted by molar-refractivity contribution is -0.142. The van der Waals surface area contributed by atoms with Crippen LogP contribution in [0.3, 0.4) is 0 Å². The number of allylic oxidation sites excluding steroid dienone is 2. The highest BCUT2D eigenvalue weighted by Gasteiger charge is 1.96. The van der Waals surface area contributed by atoms with Crippen molar-refractivity contribution >= 4 is 5.97 Å². The fourth-order valence-electron chi connectivity index (χ4n) is 0.952. The summed E-state index contributed by atoms with van der Waals surface area (Å²) in [6.45, 7) is 6.16. The van der Waals surface area contributed by atoms with Crippen molar-refractivity contribution in [2.75, 3.05) is 6.61 Å². The smallest absolute Gasteiger partial charge is 0.309 e. The quantitative estimate of drug-likeness (QED) is 0.338. The summed E-state index contributed by atoms with van der Waals surface area (Å²) in [5.41, 5.74) is 0. The average Bonchev–Trinajstić information content (AvgIpc) is 2.20. The number of esters is 1. The van der Waals surface area contributed by atoms with Crippen molar-refractivity contribution in [2.24, 2.45) is 0 Å². The maximum atomic E-state index is 11.0. The van der Waals surface area contributed by atoms with Crippen LogP contribution in [0.1, 0.15) is 39.0 Å². The summed E-state index contributed by atoms with van der Waals surface area (Å²) < 4.78 is 4.91. The van der Waals surface area contributed by atoms with Gasteiger partial charge in [0.05, 0.1) is 13.0 Å². The van der Waals surface area contributed by atoms with Crippen molar-refractivity contribution in [1.82, 2.24) is 0 Å². The summed E-state index contributed by atoms with van der Waals surface area (Å²) in [5.74, 6) is -0.133. The first-order valence-corrected chi connectivity index (χ1v) is 5.22. The maximum absolute atomic E-state index is 11.0. The van der Waals surface area contributed by atoms with Crippen LogP contribution in [-0.4, -0.2) is 12.6 Å². The van der Waals surface area contributed by atoms with Gasteiger partial charge < -0.3 is 4.74 Å². The minimum absolute atomic E-state index is 0.133. The van der Waals surface area contributed by atoms with Crippen LogP contribution in [0.5, 0.6) is 0 Å². The van der Waals surface area contributed by atoms with Crippen molar-refractivity contribution in [3.05, 3.63) is 24.8 Å². The van der Waals surface area contributed by atoms with Crippen LogP contribution in [0.2, 0.25) is 0 Å². The minimum atomic E-state index is -0.133. The molecule has 0 bridgehead atoms. The van der Waals surface area contributed by atoms with Gasteiger partial charge in [-0.2, -0.15) is 0 Å². The molecule has 0 saturated heterocycles. The van der Waals surface area contributed by atoms with Crippen molar-refractivity contribution in [3.63, 3.8) is 0 Å². The molecule has 2 heteroatoms. The van der Waals surface area contributed by atoms with E-state index in [2.05, 4.69) is 6.58 Å². The van der Waals surface area contributed by atoms with E-state index in [1.165, 1.54) is 0 Å². The Labute approximate surface area is 86.6 Å². The summed E-state index contributed by atoms with van der Waals surface area (Å²) >= 11 is 0. The molecule has 0 aliphatic heterocycles. The first-order chi connectivity index (χ1) is 6.81. The van der Waals surface area contributed by atoms with Gasteiger partial charge in [-0.05, 0) is 25.7 Å². The van der Waals surface area contributed by atoms with Gasteiger partial charge in [-0.3, -0.25) is 4.79 Å². The third-order valence-corrected chi connectivity index (χ3v) is 1.70. The summed E-state index contributed by atoms with van der Waals surface area (Å²) in [5, 5.41) is 0. The van der Waals surface area contributed by atoms with Crippen LogP contribution in [0.4, 0.5) is 0 Å². The molecule has 0 fully saturated rings. The Morgan fingerprint density at radius 3 is 2.79 bits per heavy atom. The lowest BCUT2D eigenvalue weighted by Gasteiger charge is -1.98. The van der Waals surface area contributed by atoms with Gasteiger partial charge in [0.25, 0.3) is 0 Å². The summed E-state index contributed by atoms with van der Waals surface area (Å²) in [6, 6.07) is 0. The molecule has 0 amide bonds. The minimum Gasteiger partial charge on any atom is -0.465 e. The van der Waals surface area contributed by atoms with Crippen molar-refractivity contribution < 1.29 is 9.53 Å². The van der Waals surface area contributed by atoms with Gasteiger partial charge in [-0.25, -0.2) is 0 Å². The Morgan fingerprint density at radius 1 is 1.36 bits per heavy atom. The number of rotatable bonds is 8. The van der Waals surface area contributed by atoms with Crippen molar-refractivity contribution in [1.29, 1.82) is 0 Å². The molecule has 0 aromatic heterocycles. The molecule has 14 heavy (non-hydrogen) atoms. The molecule has 0 N–H and O–H groups in total. The molecule has 0 spiro atoms. The molecule has 0 atom stereocenters. The van der Waals surface area contributed by atoms with Gasteiger partial charge in [-0.15, -0.1) is 6.58 Å². The molecule has 0 saturated carbocycles. The Balaban J connectivity index is 3.31. The number of carbonyl (C=O) groups is 1. The second kappa shape index (κ2) is 10.0. The number of unbranched alkanes of at least 4 members (excludes halogenated alkanes) is 2. The number of ether oxygens (including phenoxy) is 1. The van der Waals surface area contributed by atoms with Gasteiger partial charge in [0, 0.05) is 0 Å². The zero-order chi connectivity index (χ0) is 10.6. The van der Waals surface area contributed by atoms with E-state index in [1.54, 1.807) is 0 Å². The van der Waals surface area contributed by atoms with Crippen LogP contribution in [-0.2, 0) is 9.53 Å². The summed E-state index contributed by atoms with van der Waals surface area (Å²) in [4.78, 5) is 11.0. The molecule has 0 heterocycles. The predicted octanol–water partition coefficient (Wildman–Crippen LogP) is 3.24. The molecule has 0 radical (unpaired) electrons. The van der Waals surface area contributed by atoms with E-state index in [1.807, 2.05) is 25.2 Å². The maximum Gasteiger partial charge on any atom is 0.309 e. The molecular formula is C12H20O2. The number of carbonyl (C=O) groups excluding carboxylic acids is 1. The second-order valence-electron chi connectivity index (χ2n) is 3.12. The first-order valence-electron chi connectivity index (χ1n) is 5.22. The second-order valence-corrected chi connectivity index (χ2v) is 3.12. The standard InChI is InChI=1S/C12H20O2/c1-3-5-6-7-8-9-10-12(13)14-11-4-2/h3,8-9H,1,4-7,10-11H2,2H3. The van der Waals surface area contributed by atoms with Gasteiger partial charge in [0.15, 0.2) is 0 Å². The molecule has 0 aromatic rings. The third kappa shape index (κ3) is 9.04. The van der Waals surface area contributed by atoms with E-state index in [9.17, 15) is 4.79 Å². The van der Waals surface area contributed by atoms with E-state index >= 15 is 0 Å². The average molecular weight is 196 g/mol. The largest absolute Gasteiger partial charge is 0.465 e. The highest BCUT2D eigenvalue weighted by atomic mass is 16.5. The Bertz CT molecular complexity index is 183. The van der Waals surface area contributed by atoms with Gasteiger partial charge in [-0.1, -0.05) is 25.2 Å². The normalized spacial score (nSPS) is 10.4. The van der Waals surface area contributed by atoms with Gasteiger partial charge in [0.1, 0.15) is 0 Å². The molecule has 0 aliphatic rings. The number of hydrogen-bond donors (Lipinski definition) is 0. The van der Waals surface area contributed by atoms with Gasteiger partial charge in [0.2, 0.25) is 0 Å². The van der Waals surface area contributed by atoms with Crippen LogP contribution in [0.15, 0.2) is 24.8 Å². The van der Waals surface area contributed by atoms with Crippen LogP contribution in [0, 0.1) is 0 Å². The zero-order valence-corrected chi connectivity index (χ0v) is 9.00. The zero-order valence-electron chi connectivity index (χ0n) is 9.00. The molecule has 0 rings (SSSR count). The number of hydrogen-bond acceptors (Lipinski definition) is 2. The van der Waals surface area contributed by atoms with E-state index in [0.717, 1.165) is 25.7 Å². The topological polar surface area (TPSA) is 26.3 Å². The molecule has 2 nitrogen and oxygen atoms in total. The van der Waals surface area contributed by atoms with E-state index < -0.39 is 0 Å². The summed E-state index contributed by atoms with van der Waals surface area (Å²) in [6.07, 6.45) is 10.2. The highest BCUT2D eigenvalue weighted by molar-refractivity contribution is 5.71. The lowest BCUT2D eigenvalue weighted by atomic mass is 10.2. The predicted molar refractivity (Wildman–Crippen MR) is 59.1 cm³/mol. The van der Waals surface area contributed by atoms with Crippen LogP contribution >= 0.6 is 0 Å². The van der Waals surface area contributed by atoms with Crippen molar-refractivity contribution in [3.8, 4) is 0 Å². The van der Waals surface area contributed by atoms with Crippen LogP contribution < -0.4 is 0 Å². The molecular weight excluding hydrogens is 176 g/mol. The van der Waals surface area contributed by atoms with Gasteiger partial charge >= 0.3 is 5.97 Å². The molecule has 0 aliphatic carbocycles. The molecule has 0 unspecified atom stereocenters. The SMILES string of the molecule is C=CCCCC=CCC(=O)OCCC. The van der Waals surface area contributed by atoms with Crippen molar-refractivity contribution in [2.45, 2.75) is 39.0 Å². The first kappa shape index (κ1) is 12.9. The highest BCUT2D eigenvalue weighted by Crippen LogP contribution is 1.98. The van der Waals surface area contributed by atoms with E-state index in [0.29, 0.717) is 13.0 Å². The van der Waals surface area contributed by atoms with Crippen LogP contribution in [0.25, 0.3) is 0 Å². The Morgan fingerprint density at radius 2 is 2.14 bits per heavy atom. The fourth-order valence-corrected chi connectivity index (χ4v) is 0.952. The van der Waals surface area contributed by atoms with E-state index in [-0.39, 0.29) is 5.97 Å². The third-order valence-electron chi connectivity index (χ3n) is 1.70. The summed E-state index contributed by atoms with van der Waals surface area (Å²) in [7, 11) is 0. The monoisotopic (exact) mass is 196 g/mol. The lowest BCUT2D eigenvalue weighted by Crippen LogP contribution is -2.03.